The van der Waals surface area contributed by atoms with Gasteiger partial charge in [0, 0.05) is 26.3 Å². The van der Waals surface area contributed by atoms with Crippen LogP contribution in [-0.4, -0.2) is 35.9 Å². The van der Waals surface area contributed by atoms with Gasteiger partial charge < -0.3 is 9.64 Å². The van der Waals surface area contributed by atoms with Crippen LogP contribution in [0.5, 0.6) is 5.75 Å². The first kappa shape index (κ1) is 23.0. The van der Waals surface area contributed by atoms with Gasteiger partial charge in [0.1, 0.15) is 23.4 Å². The van der Waals surface area contributed by atoms with Gasteiger partial charge in [-0.05, 0) is 35.7 Å². The average molecular weight is 442 g/mol. The summed E-state index contributed by atoms with van der Waals surface area (Å²) in [6.07, 6.45) is -4.36. The smallest absolute Gasteiger partial charge is 0.433 e. The highest BCUT2D eigenvalue weighted by Crippen LogP contribution is 2.31. The van der Waals surface area contributed by atoms with Crippen molar-refractivity contribution >= 4 is 11.6 Å². The van der Waals surface area contributed by atoms with Crippen LogP contribution in [0.2, 0.25) is 0 Å². The Balaban J connectivity index is 1.58. The fourth-order valence-electron chi connectivity index (χ4n) is 3.43. The summed E-state index contributed by atoms with van der Waals surface area (Å²) in [5, 5.41) is 0. The Kier molecular flexibility index (Phi) is 6.52. The van der Waals surface area contributed by atoms with E-state index in [9.17, 15) is 26.7 Å². The number of hydrogen-bond donors (Lipinski definition) is 0. The maximum Gasteiger partial charge on any atom is 0.433 e. The van der Waals surface area contributed by atoms with E-state index < -0.39 is 23.6 Å². The van der Waals surface area contributed by atoms with Crippen molar-refractivity contribution < 1.29 is 31.5 Å². The number of Topliss-reactive ketones (excluding diaryl/α,β-unsaturated/α-hetero) is 1. The van der Waals surface area contributed by atoms with E-state index in [1.54, 1.807) is 36.1 Å². The maximum atomic E-state index is 13.1. The van der Waals surface area contributed by atoms with E-state index in [0.29, 0.717) is 32.2 Å². The van der Waals surface area contributed by atoms with Crippen molar-refractivity contribution in [3.05, 3.63) is 53.7 Å². The highest BCUT2D eigenvalue weighted by molar-refractivity contribution is 5.85. The van der Waals surface area contributed by atoms with Gasteiger partial charge in [-0.25, -0.2) is 4.98 Å². The number of aromatic nitrogens is 1. The van der Waals surface area contributed by atoms with Gasteiger partial charge in [0.2, 0.25) is 5.78 Å². The number of rotatable bonds is 7. The van der Waals surface area contributed by atoms with E-state index in [1.807, 2.05) is 0 Å². The Morgan fingerprint density at radius 2 is 1.84 bits per heavy atom. The van der Waals surface area contributed by atoms with Gasteiger partial charge in [0.15, 0.2) is 0 Å². The summed E-state index contributed by atoms with van der Waals surface area (Å²) >= 11 is 0. The lowest BCUT2D eigenvalue weighted by Gasteiger charge is -2.19. The molecule has 2 heterocycles. The highest BCUT2D eigenvalue weighted by atomic mass is 19.4. The monoisotopic (exact) mass is 442 g/mol. The molecule has 2 atom stereocenters. The standard InChI is InChI=1S/C22H23F5N2O2/c1-14(12-19(30)21(2,23)24)15-6-8-16(9-7-15)31-17-10-11-29(13-17)20-5-3-4-18(28-20)22(25,26)27/h3-9,14,17H,10-13H2,1-2H3/t14-,17?/m1/s1. The number of alkyl halides is 5. The summed E-state index contributed by atoms with van der Waals surface area (Å²) in [5.41, 5.74) is -0.190. The van der Waals surface area contributed by atoms with Crippen LogP contribution in [0, 0.1) is 0 Å². The van der Waals surface area contributed by atoms with E-state index >= 15 is 0 Å². The molecule has 0 radical (unpaired) electrons. The van der Waals surface area contributed by atoms with Gasteiger partial charge in [0.25, 0.3) is 0 Å². The van der Waals surface area contributed by atoms with Crippen LogP contribution in [0.1, 0.15) is 43.9 Å². The van der Waals surface area contributed by atoms with Crippen molar-refractivity contribution in [3.8, 4) is 5.75 Å². The maximum absolute atomic E-state index is 13.1. The third-order valence-corrected chi connectivity index (χ3v) is 5.23. The van der Waals surface area contributed by atoms with E-state index in [-0.39, 0.29) is 24.3 Å². The molecule has 0 amide bonds. The molecule has 1 fully saturated rings. The summed E-state index contributed by atoms with van der Waals surface area (Å²) in [7, 11) is 0. The van der Waals surface area contributed by atoms with Crippen molar-refractivity contribution in [2.24, 2.45) is 0 Å². The Bertz CT molecular complexity index is 909. The molecule has 0 spiro atoms. The van der Waals surface area contributed by atoms with Gasteiger partial charge >= 0.3 is 12.1 Å². The minimum absolute atomic E-state index is 0.222. The number of ether oxygens (including phenoxy) is 1. The Morgan fingerprint density at radius 1 is 1.16 bits per heavy atom. The lowest BCUT2D eigenvalue weighted by Crippen LogP contribution is -2.26. The number of carbonyl (C=O) groups excluding carboxylic acids is 1. The second-order valence-corrected chi connectivity index (χ2v) is 7.84. The van der Waals surface area contributed by atoms with Gasteiger partial charge in [-0.3, -0.25) is 4.79 Å². The molecule has 4 nitrogen and oxygen atoms in total. The summed E-state index contributed by atoms with van der Waals surface area (Å²) in [4.78, 5) is 17.0. The second-order valence-electron chi connectivity index (χ2n) is 7.84. The third-order valence-electron chi connectivity index (χ3n) is 5.23. The Labute approximate surface area is 177 Å². The number of carbonyl (C=O) groups is 1. The summed E-state index contributed by atoms with van der Waals surface area (Å²) < 4.78 is 70.7. The first-order valence-corrected chi connectivity index (χ1v) is 9.90. The number of hydrogen-bond acceptors (Lipinski definition) is 4. The number of pyridine rings is 1. The normalized spacial score (nSPS) is 18.2. The summed E-state index contributed by atoms with van der Waals surface area (Å²) in [6, 6.07) is 10.7. The molecule has 1 aromatic heterocycles. The lowest BCUT2D eigenvalue weighted by molar-refractivity contribution is -0.141. The van der Waals surface area contributed by atoms with Gasteiger partial charge in [-0.2, -0.15) is 22.0 Å². The van der Waals surface area contributed by atoms with Crippen molar-refractivity contribution in [2.45, 2.75) is 50.8 Å². The molecular weight excluding hydrogens is 419 g/mol. The van der Waals surface area contributed by atoms with Crippen LogP contribution in [0.3, 0.4) is 0 Å². The molecule has 0 N–H and O–H groups in total. The molecule has 1 aromatic carbocycles. The van der Waals surface area contributed by atoms with E-state index in [2.05, 4.69) is 4.98 Å². The first-order chi connectivity index (χ1) is 14.4. The molecule has 0 aliphatic carbocycles. The van der Waals surface area contributed by atoms with Crippen molar-refractivity contribution in [1.82, 2.24) is 4.98 Å². The molecule has 1 unspecified atom stereocenters. The van der Waals surface area contributed by atoms with Crippen LogP contribution in [0.25, 0.3) is 0 Å². The van der Waals surface area contributed by atoms with Crippen LogP contribution in [0.15, 0.2) is 42.5 Å². The van der Waals surface area contributed by atoms with Gasteiger partial charge in [0.05, 0.1) is 6.54 Å². The zero-order valence-electron chi connectivity index (χ0n) is 17.1. The lowest BCUT2D eigenvalue weighted by atomic mass is 9.94. The fourth-order valence-corrected chi connectivity index (χ4v) is 3.43. The highest BCUT2D eigenvalue weighted by Gasteiger charge is 2.34. The zero-order valence-corrected chi connectivity index (χ0v) is 17.1. The van der Waals surface area contributed by atoms with Crippen molar-refractivity contribution in [1.29, 1.82) is 0 Å². The molecule has 0 bridgehead atoms. The van der Waals surface area contributed by atoms with Crippen LogP contribution < -0.4 is 9.64 Å². The quantitative estimate of drug-likeness (QED) is 0.533. The molecule has 31 heavy (non-hydrogen) atoms. The molecule has 9 heteroatoms. The second kappa shape index (κ2) is 8.80. The molecule has 0 saturated carbocycles. The molecule has 168 valence electrons. The predicted octanol–water partition coefficient (Wildman–Crippen LogP) is 5.48. The van der Waals surface area contributed by atoms with Gasteiger partial charge in [-0.1, -0.05) is 25.1 Å². The van der Waals surface area contributed by atoms with E-state index in [0.717, 1.165) is 11.6 Å². The first-order valence-electron chi connectivity index (χ1n) is 9.90. The third kappa shape index (κ3) is 5.92. The predicted molar refractivity (Wildman–Crippen MR) is 106 cm³/mol. The number of ketones is 1. The van der Waals surface area contributed by atoms with Crippen LogP contribution in [0.4, 0.5) is 27.8 Å². The number of anilines is 1. The number of halogens is 5. The summed E-state index contributed by atoms with van der Waals surface area (Å²) in [6.45, 7) is 3.21. The number of nitrogens with zero attached hydrogens (tertiary/aromatic N) is 2. The fraction of sp³-hybridized carbons (Fsp3) is 0.455. The van der Waals surface area contributed by atoms with Crippen LogP contribution >= 0.6 is 0 Å². The average Bonchev–Trinajstić information content (AvgIpc) is 3.15. The SMILES string of the molecule is C[C@H](CC(=O)C(C)(F)F)c1ccc(OC2CCN(c3cccc(C(F)(F)F)n3)C2)cc1. The van der Waals surface area contributed by atoms with E-state index in [4.69, 9.17) is 4.74 Å². The Hall–Kier alpha value is -2.71. The molecule has 1 aliphatic rings. The zero-order chi connectivity index (χ0) is 22.8. The molecule has 3 rings (SSSR count). The molecule has 1 saturated heterocycles. The van der Waals surface area contributed by atoms with Crippen LogP contribution in [-0.2, 0) is 11.0 Å². The Morgan fingerprint density at radius 3 is 2.45 bits per heavy atom. The molecule has 1 aliphatic heterocycles. The van der Waals surface area contributed by atoms with Crippen molar-refractivity contribution in [3.63, 3.8) is 0 Å². The number of benzene rings is 1. The van der Waals surface area contributed by atoms with E-state index in [1.165, 1.54) is 12.1 Å². The molecular formula is C22H23F5N2O2. The minimum Gasteiger partial charge on any atom is -0.489 e. The van der Waals surface area contributed by atoms with Gasteiger partial charge in [-0.15, -0.1) is 0 Å². The summed E-state index contributed by atoms with van der Waals surface area (Å²) in [5.74, 6) is -3.99. The minimum atomic E-state index is -4.50. The molecule has 2 aromatic rings. The van der Waals surface area contributed by atoms with Crippen molar-refractivity contribution in [2.75, 3.05) is 18.0 Å². The topological polar surface area (TPSA) is 42.4 Å². The largest absolute Gasteiger partial charge is 0.489 e.